The van der Waals surface area contributed by atoms with Crippen LogP contribution in [0, 0.1) is 5.82 Å². The molecular formula is C14H19FN4O2. The fourth-order valence-corrected chi connectivity index (χ4v) is 2.20. The van der Waals surface area contributed by atoms with Crippen molar-refractivity contribution < 1.29 is 14.6 Å². The van der Waals surface area contributed by atoms with Crippen LogP contribution in [0.25, 0.3) is 10.9 Å². The van der Waals surface area contributed by atoms with Crippen LogP contribution in [0.5, 0.6) is 0 Å². The Bertz CT molecular complexity index is 623. The standard InChI is InChI=1S/C14H19FN4O2/c1-2-4-11(21)10(7-20)17-13-12-8(15)5-3-6-9(12)18-14(16)19-13/h3,5-6,10-11,20-21H,2,4,7H2,1H3,(H3,16,17,18,19). The van der Waals surface area contributed by atoms with Gasteiger partial charge in [0.25, 0.3) is 0 Å². The van der Waals surface area contributed by atoms with Crippen molar-refractivity contribution in [3.05, 3.63) is 24.0 Å². The number of aromatic nitrogens is 2. The quantitative estimate of drug-likeness (QED) is 0.640. The second kappa shape index (κ2) is 6.64. The summed E-state index contributed by atoms with van der Waals surface area (Å²) in [5, 5.41) is 22.4. The van der Waals surface area contributed by atoms with E-state index >= 15 is 0 Å². The Hall–Kier alpha value is -1.99. The maximum absolute atomic E-state index is 14.0. The first-order chi connectivity index (χ1) is 10.1. The molecule has 0 aliphatic rings. The van der Waals surface area contributed by atoms with Crippen molar-refractivity contribution in [1.29, 1.82) is 0 Å². The highest BCUT2D eigenvalue weighted by molar-refractivity contribution is 5.90. The summed E-state index contributed by atoms with van der Waals surface area (Å²) in [6.07, 6.45) is 0.512. The third-order valence-corrected chi connectivity index (χ3v) is 3.26. The molecule has 1 aromatic carbocycles. The number of hydrogen-bond acceptors (Lipinski definition) is 6. The van der Waals surface area contributed by atoms with Gasteiger partial charge in [0.05, 0.1) is 29.7 Å². The average molecular weight is 294 g/mol. The minimum Gasteiger partial charge on any atom is -0.394 e. The van der Waals surface area contributed by atoms with Gasteiger partial charge >= 0.3 is 0 Å². The molecule has 0 fully saturated rings. The van der Waals surface area contributed by atoms with E-state index in [1.54, 1.807) is 6.07 Å². The van der Waals surface area contributed by atoms with Crippen LogP contribution in [0.3, 0.4) is 0 Å². The van der Waals surface area contributed by atoms with Crippen molar-refractivity contribution in [2.24, 2.45) is 0 Å². The molecule has 2 rings (SSSR count). The van der Waals surface area contributed by atoms with Crippen molar-refractivity contribution in [1.82, 2.24) is 9.97 Å². The van der Waals surface area contributed by atoms with Crippen LogP contribution in [-0.2, 0) is 0 Å². The van der Waals surface area contributed by atoms with Crippen LogP contribution in [-0.4, -0.2) is 38.9 Å². The summed E-state index contributed by atoms with van der Waals surface area (Å²) in [6, 6.07) is 3.80. The SMILES string of the molecule is CCCC(O)C(CO)Nc1nc(N)nc2cccc(F)c12. The number of anilines is 2. The second-order valence-corrected chi connectivity index (χ2v) is 4.85. The van der Waals surface area contributed by atoms with Gasteiger partial charge in [0.2, 0.25) is 5.95 Å². The molecule has 7 heteroatoms. The summed E-state index contributed by atoms with van der Waals surface area (Å²) >= 11 is 0. The number of nitrogens with zero attached hydrogens (tertiary/aromatic N) is 2. The van der Waals surface area contributed by atoms with E-state index in [4.69, 9.17) is 5.73 Å². The van der Waals surface area contributed by atoms with E-state index in [9.17, 15) is 14.6 Å². The van der Waals surface area contributed by atoms with Gasteiger partial charge in [-0.2, -0.15) is 4.98 Å². The van der Waals surface area contributed by atoms with Crippen molar-refractivity contribution in [3.63, 3.8) is 0 Å². The summed E-state index contributed by atoms with van der Waals surface area (Å²) in [6.45, 7) is 1.62. The number of aliphatic hydroxyl groups excluding tert-OH is 2. The van der Waals surface area contributed by atoms with Crippen LogP contribution in [0.2, 0.25) is 0 Å². The highest BCUT2D eigenvalue weighted by Gasteiger charge is 2.20. The zero-order valence-electron chi connectivity index (χ0n) is 11.8. The third kappa shape index (κ3) is 3.37. The van der Waals surface area contributed by atoms with E-state index < -0.39 is 18.0 Å². The first-order valence-electron chi connectivity index (χ1n) is 6.84. The van der Waals surface area contributed by atoms with Crippen LogP contribution in [0.15, 0.2) is 18.2 Å². The third-order valence-electron chi connectivity index (χ3n) is 3.26. The number of hydrogen-bond donors (Lipinski definition) is 4. The monoisotopic (exact) mass is 294 g/mol. The lowest BCUT2D eigenvalue weighted by Crippen LogP contribution is -2.37. The molecule has 0 spiro atoms. The molecule has 114 valence electrons. The van der Waals surface area contributed by atoms with Gasteiger partial charge in [-0.05, 0) is 18.6 Å². The highest BCUT2D eigenvalue weighted by Crippen LogP contribution is 2.25. The second-order valence-electron chi connectivity index (χ2n) is 4.85. The number of fused-ring (bicyclic) bond motifs is 1. The molecule has 6 nitrogen and oxygen atoms in total. The number of nitrogens with one attached hydrogen (secondary N) is 1. The molecule has 21 heavy (non-hydrogen) atoms. The predicted octanol–water partition coefficient (Wildman–Crippen LogP) is 1.28. The number of aliphatic hydroxyl groups is 2. The molecule has 0 bridgehead atoms. The zero-order chi connectivity index (χ0) is 15.4. The smallest absolute Gasteiger partial charge is 0.222 e. The molecule has 0 amide bonds. The van der Waals surface area contributed by atoms with E-state index in [1.165, 1.54) is 12.1 Å². The Morgan fingerprint density at radius 2 is 2.14 bits per heavy atom. The summed E-state index contributed by atoms with van der Waals surface area (Å²) in [7, 11) is 0. The van der Waals surface area contributed by atoms with Gasteiger partial charge < -0.3 is 21.3 Å². The lowest BCUT2D eigenvalue weighted by atomic mass is 10.1. The number of nitrogen functional groups attached to an aromatic ring is 1. The molecule has 2 unspecified atom stereocenters. The fourth-order valence-electron chi connectivity index (χ4n) is 2.20. The molecule has 0 saturated carbocycles. The molecule has 5 N–H and O–H groups in total. The molecule has 0 saturated heterocycles. The van der Waals surface area contributed by atoms with Crippen molar-refractivity contribution in [2.45, 2.75) is 31.9 Å². The van der Waals surface area contributed by atoms with Gasteiger partial charge in [-0.15, -0.1) is 0 Å². The normalized spacial score (nSPS) is 14.1. The van der Waals surface area contributed by atoms with Crippen molar-refractivity contribution in [2.75, 3.05) is 17.7 Å². The van der Waals surface area contributed by atoms with E-state index in [1.807, 2.05) is 6.92 Å². The fraction of sp³-hybridized carbons (Fsp3) is 0.429. The number of nitrogens with two attached hydrogens (primary N) is 1. The minimum absolute atomic E-state index is 0.00253. The van der Waals surface area contributed by atoms with Gasteiger partial charge in [-0.25, -0.2) is 9.37 Å². The predicted molar refractivity (Wildman–Crippen MR) is 79.3 cm³/mol. The average Bonchev–Trinajstić information content (AvgIpc) is 2.44. The highest BCUT2D eigenvalue weighted by atomic mass is 19.1. The van der Waals surface area contributed by atoms with Crippen LogP contribution in [0.4, 0.5) is 16.2 Å². The van der Waals surface area contributed by atoms with Gasteiger partial charge in [0.15, 0.2) is 0 Å². The largest absolute Gasteiger partial charge is 0.394 e. The topological polar surface area (TPSA) is 104 Å². The number of rotatable bonds is 6. The summed E-state index contributed by atoms with van der Waals surface area (Å²) in [4.78, 5) is 7.96. The van der Waals surface area contributed by atoms with Gasteiger partial charge in [-0.1, -0.05) is 19.4 Å². The van der Waals surface area contributed by atoms with E-state index in [2.05, 4.69) is 15.3 Å². The van der Waals surface area contributed by atoms with Crippen molar-refractivity contribution in [3.8, 4) is 0 Å². The first kappa shape index (κ1) is 15.4. The molecule has 0 aliphatic carbocycles. The van der Waals surface area contributed by atoms with Crippen molar-refractivity contribution >= 4 is 22.7 Å². The lowest BCUT2D eigenvalue weighted by molar-refractivity contribution is 0.109. The molecule has 0 aliphatic heterocycles. The Labute approximate surface area is 121 Å². The maximum atomic E-state index is 14.0. The number of halogens is 1. The van der Waals surface area contributed by atoms with E-state index in [0.717, 1.165) is 6.42 Å². The van der Waals surface area contributed by atoms with Gasteiger partial charge in [0, 0.05) is 0 Å². The molecule has 2 atom stereocenters. The Morgan fingerprint density at radius 3 is 2.81 bits per heavy atom. The van der Waals surface area contributed by atoms with Crippen LogP contribution < -0.4 is 11.1 Å². The van der Waals surface area contributed by atoms with Gasteiger partial charge in [-0.3, -0.25) is 0 Å². The van der Waals surface area contributed by atoms with Crippen LogP contribution in [0.1, 0.15) is 19.8 Å². The lowest BCUT2D eigenvalue weighted by Gasteiger charge is -2.23. The Kier molecular flexibility index (Phi) is 4.87. The summed E-state index contributed by atoms with van der Waals surface area (Å²) in [5.74, 6) is -0.321. The molecule has 2 aromatic rings. The van der Waals surface area contributed by atoms with E-state index in [-0.39, 0.29) is 23.8 Å². The molecule has 0 radical (unpaired) electrons. The Morgan fingerprint density at radius 1 is 1.38 bits per heavy atom. The molecular weight excluding hydrogens is 275 g/mol. The first-order valence-corrected chi connectivity index (χ1v) is 6.84. The minimum atomic E-state index is -0.766. The maximum Gasteiger partial charge on any atom is 0.222 e. The zero-order valence-corrected chi connectivity index (χ0v) is 11.8. The molecule has 1 heterocycles. The summed E-state index contributed by atoms with van der Waals surface area (Å²) in [5.41, 5.74) is 5.98. The van der Waals surface area contributed by atoms with Gasteiger partial charge in [0.1, 0.15) is 11.6 Å². The summed E-state index contributed by atoms with van der Waals surface area (Å²) < 4.78 is 14.0. The van der Waals surface area contributed by atoms with E-state index in [0.29, 0.717) is 11.9 Å². The van der Waals surface area contributed by atoms with Crippen LogP contribution >= 0.6 is 0 Å². The molecule has 1 aromatic heterocycles. The number of benzene rings is 1. The Balaban J connectivity index is 2.41.